The highest BCUT2D eigenvalue weighted by Crippen LogP contribution is 2.21. The van der Waals surface area contributed by atoms with Crippen molar-refractivity contribution in [2.24, 2.45) is 5.73 Å². The number of hydrogen-bond donors (Lipinski definition) is 5. The monoisotopic (exact) mass is 528 g/mol. The molecule has 0 radical (unpaired) electrons. The maximum absolute atomic E-state index is 12.4. The van der Waals surface area contributed by atoms with E-state index < -0.39 is 0 Å². The van der Waals surface area contributed by atoms with Crippen LogP contribution >= 0.6 is 0 Å². The number of benzene rings is 1. The molecule has 210 valence electrons. The van der Waals surface area contributed by atoms with Gasteiger partial charge in [-0.15, -0.1) is 0 Å². The summed E-state index contributed by atoms with van der Waals surface area (Å²) in [7, 11) is 0. The van der Waals surface area contributed by atoms with Crippen LogP contribution in [0.2, 0.25) is 0 Å². The fraction of sp³-hybridized carbons (Fsp3) is 0.630. The minimum absolute atomic E-state index is 0.133. The van der Waals surface area contributed by atoms with E-state index in [1.165, 1.54) is 19.3 Å². The lowest BCUT2D eigenvalue weighted by Crippen LogP contribution is -2.27. The molecule has 1 aromatic carbocycles. The molecule has 0 aliphatic heterocycles. The zero-order valence-electron chi connectivity index (χ0n) is 22.6. The SMILES string of the molecule is CCCCNc1nc(NCc2ccc(C(=O)NCCOCCOCCN)cc2)nc(NC2CCCCC2)n1. The zero-order chi connectivity index (χ0) is 26.8. The van der Waals surface area contributed by atoms with Crippen molar-refractivity contribution in [2.75, 3.05) is 62.0 Å². The highest BCUT2D eigenvalue weighted by atomic mass is 16.5. The third kappa shape index (κ3) is 11.2. The highest BCUT2D eigenvalue weighted by Gasteiger charge is 2.16. The average molecular weight is 529 g/mol. The van der Waals surface area contributed by atoms with E-state index in [1.807, 2.05) is 24.3 Å². The number of nitrogens with zero attached hydrogens (tertiary/aromatic N) is 3. The van der Waals surface area contributed by atoms with Gasteiger partial charge in [-0.2, -0.15) is 15.0 Å². The van der Waals surface area contributed by atoms with Crippen LogP contribution in [0.15, 0.2) is 24.3 Å². The summed E-state index contributed by atoms with van der Waals surface area (Å²) in [5, 5.41) is 13.0. The van der Waals surface area contributed by atoms with Gasteiger partial charge in [0, 0.05) is 37.8 Å². The van der Waals surface area contributed by atoms with E-state index in [1.54, 1.807) is 0 Å². The Kier molecular flexibility index (Phi) is 13.6. The van der Waals surface area contributed by atoms with Crippen LogP contribution < -0.4 is 27.0 Å². The Balaban J connectivity index is 1.47. The second kappa shape index (κ2) is 17.5. The number of ether oxygens (including phenoxy) is 2. The molecule has 0 bridgehead atoms. The number of carbonyl (C=O) groups is 1. The van der Waals surface area contributed by atoms with Crippen LogP contribution in [0, 0.1) is 0 Å². The Bertz CT molecular complexity index is 938. The molecule has 38 heavy (non-hydrogen) atoms. The van der Waals surface area contributed by atoms with Crippen molar-refractivity contribution >= 4 is 23.8 Å². The molecule has 6 N–H and O–H groups in total. The van der Waals surface area contributed by atoms with Crippen molar-refractivity contribution in [1.29, 1.82) is 0 Å². The molecule has 11 heteroatoms. The lowest BCUT2D eigenvalue weighted by molar-refractivity contribution is 0.0511. The maximum atomic E-state index is 12.4. The lowest BCUT2D eigenvalue weighted by Gasteiger charge is -2.23. The summed E-state index contributed by atoms with van der Waals surface area (Å²) in [6.07, 6.45) is 8.21. The Morgan fingerprint density at radius 3 is 2.29 bits per heavy atom. The van der Waals surface area contributed by atoms with Crippen LogP contribution in [-0.4, -0.2) is 73.0 Å². The first kappa shape index (κ1) is 29.5. The molecule has 1 aliphatic carbocycles. The van der Waals surface area contributed by atoms with Gasteiger partial charge in [0.25, 0.3) is 5.91 Å². The Morgan fingerprint density at radius 1 is 0.895 bits per heavy atom. The molecule has 1 heterocycles. The first-order chi connectivity index (χ1) is 18.7. The molecule has 1 amide bonds. The summed E-state index contributed by atoms with van der Waals surface area (Å²) in [4.78, 5) is 26.2. The molecule has 0 spiro atoms. The Labute approximate surface area is 226 Å². The molecular formula is C27H44N8O3. The van der Waals surface area contributed by atoms with E-state index in [4.69, 9.17) is 15.2 Å². The van der Waals surface area contributed by atoms with Crippen LogP contribution in [0.5, 0.6) is 0 Å². The van der Waals surface area contributed by atoms with Gasteiger partial charge in [0.2, 0.25) is 17.8 Å². The predicted octanol–water partition coefficient (Wildman–Crippen LogP) is 3.16. The van der Waals surface area contributed by atoms with E-state index in [0.717, 1.165) is 37.8 Å². The minimum Gasteiger partial charge on any atom is -0.378 e. The molecule has 0 unspecified atom stereocenters. The fourth-order valence-electron chi connectivity index (χ4n) is 4.10. The standard InChI is InChI=1S/C27H44N8O3/c1-2-3-14-30-25-33-26(35-27(34-25)32-23-7-5-4-6-8-23)31-20-21-9-11-22(12-10-21)24(36)29-15-17-38-19-18-37-16-13-28/h9-12,23H,2-8,13-20,28H2,1H3,(H,29,36)(H3,30,31,32,33,34,35). The van der Waals surface area contributed by atoms with Gasteiger partial charge in [-0.3, -0.25) is 4.79 Å². The molecule has 0 atom stereocenters. The van der Waals surface area contributed by atoms with Crippen LogP contribution in [0.4, 0.5) is 17.8 Å². The molecule has 1 aromatic heterocycles. The topological polar surface area (TPSA) is 148 Å². The van der Waals surface area contributed by atoms with Crippen molar-refractivity contribution in [2.45, 2.75) is 64.5 Å². The lowest BCUT2D eigenvalue weighted by atomic mass is 9.96. The normalized spacial score (nSPS) is 13.7. The Morgan fingerprint density at radius 2 is 1.58 bits per heavy atom. The highest BCUT2D eigenvalue weighted by molar-refractivity contribution is 5.94. The van der Waals surface area contributed by atoms with Gasteiger partial charge in [0.15, 0.2) is 0 Å². The molecule has 1 saturated carbocycles. The smallest absolute Gasteiger partial charge is 0.251 e. The zero-order valence-corrected chi connectivity index (χ0v) is 22.6. The van der Waals surface area contributed by atoms with E-state index in [9.17, 15) is 4.79 Å². The number of aromatic nitrogens is 3. The second-order valence-electron chi connectivity index (χ2n) is 9.39. The van der Waals surface area contributed by atoms with Gasteiger partial charge in [0.1, 0.15) is 0 Å². The molecule has 0 saturated heterocycles. The van der Waals surface area contributed by atoms with Gasteiger partial charge in [-0.1, -0.05) is 44.7 Å². The van der Waals surface area contributed by atoms with Crippen LogP contribution in [0.1, 0.15) is 67.8 Å². The van der Waals surface area contributed by atoms with Crippen molar-refractivity contribution in [3.05, 3.63) is 35.4 Å². The van der Waals surface area contributed by atoms with Crippen LogP contribution in [0.3, 0.4) is 0 Å². The molecule has 11 nitrogen and oxygen atoms in total. The number of anilines is 3. The van der Waals surface area contributed by atoms with E-state index in [0.29, 0.717) is 75.5 Å². The van der Waals surface area contributed by atoms with Crippen LogP contribution in [-0.2, 0) is 16.0 Å². The summed E-state index contributed by atoms with van der Waals surface area (Å²) in [5.41, 5.74) is 6.98. The quantitative estimate of drug-likeness (QED) is 0.183. The van der Waals surface area contributed by atoms with Crippen molar-refractivity contribution < 1.29 is 14.3 Å². The van der Waals surface area contributed by atoms with Crippen molar-refractivity contribution in [1.82, 2.24) is 20.3 Å². The molecular weight excluding hydrogens is 484 g/mol. The molecule has 2 aromatic rings. The number of rotatable bonds is 18. The maximum Gasteiger partial charge on any atom is 0.251 e. The number of nitrogens with one attached hydrogen (secondary N) is 4. The first-order valence-electron chi connectivity index (χ1n) is 13.9. The van der Waals surface area contributed by atoms with Gasteiger partial charge in [-0.05, 0) is 37.0 Å². The number of amides is 1. The number of carbonyl (C=O) groups excluding carboxylic acids is 1. The van der Waals surface area contributed by atoms with Crippen molar-refractivity contribution in [3.8, 4) is 0 Å². The third-order valence-electron chi connectivity index (χ3n) is 6.22. The van der Waals surface area contributed by atoms with Gasteiger partial charge >= 0.3 is 0 Å². The fourth-order valence-corrected chi connectivity index (χ4v) is 4.10. The number of nitrogens with two attached hydrogens (primary N) is 1. The Hall–Kier alpha value is -3.02. The largest absolute Gasteiger partial charge is 0.378 e. The summed E-state index contributed by atoms with van der Waals surface area (Å²) >= 11 is 0. The minimum atomic E-state index is -0.133. The van der Waals surface area contributed by atoms with E-state index in [-0.39, 0.29) is 5.91 Å². The predicted molar refractivity (Wildman–Crippen MR) is 151 cm³/mol. The summed E-state index contributed by atoms with van der Waals surface area (Å²) in [6, 6.07) is 7.89. The van der Waals surface area contributed by atoms with Gasteiger partial charge < -0.3 is 36.5 Å². The van der Waals surface area contributed by atoms with Crippen LogP contribution in [0.25, 0.3) is 0 Å². The molecule has 1 fully saturated rings. The van der Waals surface area contributed by atoms with Crippen molar-refractivity contribution in [3.63, 3.8) is 0 Å². The number of unbranched alkanes of at least 4 members (excludes halogenated alkanes) is 1. The van der Waals surface area contributed by atoms with E-state index in [2.05, 4.69) is 43.1 Å². The summed E-state index contributed by atoms with van der Waals surface area (Å²) < 4.78 is 10.7. The summed E-state index contributed by atoms with van der Waals surface area (Å²) in [5.74, 6) is 1.57. The van der Waals surface area contributed by atoms with Gasteiger partial charge in [-0.25, -0.2) is 0 Å². The first-order valence-corrected chi connectivity index (χ1v) is 13.9. The molecule has 3 rings (SSSR count). The average Bonchev–Trinajstić information content (AvgIpc) is 2.94. The third-order valence-corrected chi connectivity index (χ3v) is 6.22. The summed E-state index contributed by atoms with van der Waals surface area (Å²) in [6.45, 7) is 6.38. The molecule has 1 aliphatic rings. The second-order valence-corrected chi connectivity index (χ2v) is 9.39. The number of hydrogen-bond acceptors (Lipinski definition) is 10. The van der Waals surface area contributed by atoms with Gasteiger partial charge in [0.05, 0.1) is 26.4 Å². The van der Waals surface area contributed by atoms with E-state index >= 15 is 0 Å².